The largest absolute Gasteiger partial charge is 0.460 e. The van der Waals surface area contributed by atoms with Gasteiger partial charge in [-0.3, -0.25) is 9.59 Å². The van der Waals surface area contributed by atoms with Crippen LogP contribution in [0.4, 0.5) is 17.3 Å². The van der Waals surface area contributed by atoms with Crippen molar-refractivity contribution in [1.82, 2.24) is 10.3 Å². The Morgan fingerprint density at radius 1 is 1.18 bits per heavy atom. The van der Waals surface area contributed by atoms with E-state index in [0.29, 0.717) is 24.3 Å². The van der Waals surface area contributed by atoms with Crippen LogP contribution in [0, 0.1) is 19.8 Å². The smallest absolute Gasteiger partial charge is 0.306 e. The highest BCUT2D eigenvalue weighted by molar-refractivity contribution is 6.04. The monoisotopic (exact) mass is 464 g/mol. The lowest BCUT2D eigenvalue weighted by molar-refractivity contribution is -0.156. The number of fused-ring (bicyclic) bond motifs is 1. The van der Waals surface area contributed by atoms with Crippen LogP contribution >= 0.6 is 0 Å². The minimum atomic E-state index is -0.483. The van der Waals surface area contributed by atoms with Crippen LogP contribution in [0.5, 0.6) is 0 Å². The van der Waals surface area contributed by atoms with Gasteiger partial charge in [0.25, 0.3) is 5.91 Å². The zero-order chi connectivity index (χ0) is 24.5. The molecule has 0 radical (unpaired) electrons. The zero-order valence-corrected chi connectivity index (χ0v) is 20.9. The third kappa shape index (κ3) is 5.51. The molecule has 1 aromatic heterocycles. The number of pyridine rings is 1. The van der Waals surface area contributed by atoms with Crippen molar-refractivity contribution in [1.29, 1.82) is 0 Å². The van der Waals surface area contributed by atoms with E-state index in [1.54, 1.807) is 0 Å². The lowest BCUT2D eigenvalue weighted by atomic mass is 9.82. The van der Waals surface area contributed by atoms with Crippen molar-refractivity contribution in [2.24, 2.45) is 5.92 Å². The molecular formula is C27H36N4O3. The molecule has 1 saturated carbocycles. The molecule has 3 N–H and O–H groups in total. The summed E-state index contributed by atoms with van der Waals surface area (Å²) in [4.78, 5) is 30.1. The fraction of sp³-hybridized carbons (Fsp3) is 0.519. The first-order valence-corrected chi connectivity index (χ1v) is 12.2. The molecule has 1 aliphatic carbocycles. The highest BCUT2D eigenvalue weighted by Gasteiger charge is 2.32. The van der Waals surface area contributed by atoms with Crippen molar-refractivity contribution in [2.45, 2.75) is 84.9 Å². The topological polar surface area (TPSA) is 92.3 Å². The molecule has 7 heteroatoms. The second-order valence-electron chi connectivity index (χ2n) is 10.6. The molecule has 0 spiro atoms. The lowest BCUT2D eigenvalue weighted by Crippen LogP contribution is -2.36. The molecule has 2 atom stereocenters. The summed E-state index contributed by atoms with van der Waals surface area (Å²) in [6.07, 6.45) is 4.58. The number of carbonyl (C=O) groups excluding carboxylic acids is 2. The summed E-state index contributed by atoms with van der Waals surface area (Å²) in [6.45, 7) is 10.2. The molecular weight excluding hydrogens is 428 g/mol. The molecule has 4 rings (SSSR count). The highest BCUT2D eigenvalue weighted by Crippen LogP contribution is 2.35. The van der Waals surface area contributed by atoms with Gasteiger partial charge in [-0.1, -0.05) is 25.0 Å². The number of hydrogen-bond acceptors (Lipinski definition) is 6. The summed E-state index contributed by atoms with van der Waals surface area (Å²) in [7, 11) is 0. The van der Waals surface area contributed by atoms with Crippen LogP contribution in [0.3, 0.4) is 0 Å². The van der Waals surface area contributed by atoms with Gasteiger partial charge >= 0.3 is 5.97 Å². The maximum absolute atomic E-state index is 12.6. The van der Waals surface area contributed by atoms with Crippen LogP contribution in [-0.4, -0.2) is 28.5 Å². The molecule has 1 fully saturated rings. The van der Waals surface area contributed by atoms with E-state index in [0.717, 1.165) is 53.9 Å². The number of benzene rings is 1. The average Bonchev–Trinajstić information content (AvgIpc) is 3.13. The molecule has 34 heavy (non-hydrogen) atoms. The van der Waals surface area contributed by atoms with E-state index < -0.39 is 5.60 Å². The third-order valence-corrected chi connectivity index (χ3v) is 6.58. The van der Waals surface area contributed by atoms with Gasteiger partial charge < -0.3 is 20.7 Å². The number of hydrogen-bond donors (Lipinski definition) is 3. The second-order valence-corrected chi connectivity index (χ2v) is 10.6. The summed E-state index contributed by atoms with van der Waals surface area (Å²) in [6, 6.07) is 8.15. The Morgan fingerprint density at radius 3 is 2.68 bits per heavy atom. The van der Waals surface area contributed by atoms with Gasteiger partial charge in [-0.15, -0.1) is 0 Å². The van der Waals surface area contributed by atoms with Gasteiger partial charge in [-0.05, 0) is 82.2 Å². The van der Waals surface area contributed by atoms with Crippen molar-refractivity contribution in [2.75, 3.05) is 10.6 Å². The Kier molecular flexibility index (Phi) is 6.82. The lowest BCUT2D eigenvalue weighted by Gasteiger charge is -2.33. The standard InChI is InChI=1S/C27H36N4O3/c1-16-9-8-11-19(13-16)29-25-23-20(15-28-26(23)33)17(2)24(31-25)30-21-12-7-6-10-18(21)14-22(32)34-27(3,4)5/h8-9,11,13,18,21H,6-7,10,12,14-15H2,1-5H3,(H,28,33)(H2,29,30,31)/t18-,21-/m1/s1. The van der Waals surface area contributed by atoms with Crippen LogP contribution in [0.2, 0.25) is 0 Å². The highest BCUT2D eigenvalue weighted by atomic mass is 16.6. The number of amides is 1. The molecule has 1 aliphatic heterocycles. The fourth-order valence-corrected chi connectivity index (χ4v) is 4.95. The number of carbonyl (C=O) groups is 2. The van der Waals surface area contributed by atoms with E-state index in [-0.39, 0.29) is 23.8 Å². The number of nitrogens with one attached hydrogen (secondary N) is 3. The van der Waals surface area contributed by atoms with Crippen molar-refractivity contribution in [3.8, 4) is 0 Å². The van der Waals surface area contributed by atoms with Gasteiger partial charge in [-0.25, -0.2) is 4.98 Å². The SMILES string of the molecule is Cc1cccc(Nc2nc(N[C@@H]3CCCC[C@@H]3CC(=O)OC(C)(C)C)c(C)c3c2C(=O)NC3)c1. The van der Waals surface area contributed by atoms with Crippen molar-refractivity contribution in [3.63, 3.8) is 0 Å². The summed E-state index contributed by atoms with van der Waals surface area (Å²) < 4.78 is 5.59. The van der Waals surface area contributed by atoms with Crippen LogP contribution < -0.4 is 16.0 Å². The number of anilines is 3. The van der Waals surface area contributed by atoms with Crippen LogP contribution in [0.1, 0.15) is 79.9 Å². The Balaban J connectivity index is 1.60. The molecule has 0 unspecified atom stereocenters. The maximum Gasteiger partial charge on any atom is 0.306 e. The average molecular weight is 465 g/mol. The van der Waals surface area contributed by atoms with E-state index in [1.807, 2.05) is 58.9 Å². The third-order valence-electron chi connectivity index (χ3n) is 6.58. The van der Waals surface area contributed by atoms with Gasteiger partial charge in [-0.2, -0.15) is 0 Å². The van der Waals surface area contributed by atoms with E-state index in [9.17, 15) is 9.59 Å². The summed E-state index contributed by atoms with van der Waals surface area (Å²) in [5.74, 6) is 1.26. The van der Waals surface area contributed by atoms with Crippen LogP contribution in [-0.2, 0) is 16.1 Å². The van der Waals surface area contributed by atoms with Crippen LogP contribution in [0.25, 0.3) is 0 Å². The molecule has 7 nitrogen and oxygen atoms in total. The molecule has 182 valence electrons. The molecule has 1 amide bonds. The van der Waals surface area contributed by atoms with Gasteiger partial charge in [0.1, 0.15) is 17.2 Å². The first kappa shape index (κ1) is 24.0. The van der Waals surface area contributed by atoms with Crippen LogP contribution in [0.15, 0.2) is 24.3 Å². The zero-order valence-electron chi connectivity index (χ0n) is 20.9. The van der Waals surface area contributed by atoms with E-state index >= 15 is 0 Å². The predicted molar refractivity (Wildman–Crippen MR) is 134 cm³/mol. The number of ether oxygens (including phenoxy) is 1. The molecule has 0 bridgehead atoms. The number of rotatable bonds is 6. The number of aryl methyl sites for hydroxylation is 1. The second kappa shape index (κ2) is 9.65. The van der Waals surface area contributed by atoms with E-state index in [1.165, 1.54) is 0 Å². The van der Waals surface area contributed by atoms with Crippen molar-refractivity contribution >= 4 is 29.2 Å². The van der Waals surface area contributed by atoms with Crippen molar-refractivity contribution in [3.05, 3.63) is 46.5 Å². The summed E-state index contributed by atoms with van der Waals surface area (Å²) in [5.41, 5.74) is 4.09. The number of nitrogens with zero attached hydrogens (tertiary/aromatic N) is 1. The van der Waals surface area contributed by atoms with Crippen molar-refractivity contribution < 1.29 is 14.3 Å². The van der Waals surface area contributed by atoms with Gasteiger partial charge in [0.15, 0.2) is 0 Å². The molecule has 0 saturated heterocycles. The molecule has 1 aromatic carbocycles. The Bertz CT molecular complexity index is 1090. The maximum atomic E-state index is 12.6. The number of aromatic nitrogens is 1. The fourth-order valence-electron chi connectivity index (χ4n) is 4.95. The first-order chi connectivity index (χ1) is 16.1. The van der Waals surface area contributed by atoms with Gasteiger partial charge in [0.05, 0.1) is 12.0 Å². The quantitative estimate of drug-likeness (QED) is 0.497. The predicted octanol–water partition coefficient (Wildman–Crippen LogP) is 5.39. The van der Waals surface area contributed by atoms with E-state index in [2.05, 4.69) is 16.0 Å². The number of esters is 1. The Labute approximate surface area is 202 Å². The summed E-state index contributed by atoms with van der Waals surface area (Å²) in [5, 5.41) is 9.96. The summed E-state index contributed by atoms with van der Waals surface area (Å²) >= 11 is 0. The van der Waals surface area contributed by atoms with E-state index in [4.69, 9.17) is 9.72 Å². The normalized spacial score (nSPS) is 19.9. The minimum Gasteiger partial charge on any atom is -0.460 e. The molecule has 2 aliphatic rings. The molecule has 2 heterocycles. The minimum absolute atomic E-state index is 0.104. The Morgan fingerprint density at radius 2 is 1.94 bits per heavy atom. The van der Waals surface area contributed by atoms with Gasteiger partial charge in [0.2, 0.25) is 0 Å². The Hall–Kier alpha value is -3.09. The first-order valence-electron chi connectivity index (χ1n) is 12.2. The van der Waals surface area contributed by atoms with Gasteiger partial charge in [0, 0.05) is 18.3 Å². The molecule has 2 aromatic rings.